The molecule has 0 bridgehead atoms. The average Bonchev–Trinajstić information content (AvgIpc) is 2.27. The van der Waals surface area contributed by atoms with Gasteiger partial charge in [0.2, 0.25) is 5.91 Å². The quantitative estimate of drug-likeness (QED) is 0.719. The first-order valence-corrected chi connectivity index (χ1v) is 6.70. The van der Waals surface area contributed by atoms with Gasteiger partial charge < -0.3 is 5.32 Å². The minimum Gasteiger partial charge on any atom is -0.328 e. The number of amides is 1. The maximum atomic E-state index is 12.2. The largest absolute Gasteiger partial charge is 0.328 e. The minimum absolute atomic E-state index is 0.0385. The van der Waals surface area contributed by atoms with E-state index in [1.807, 2.05) is 14.0 Å². The van der Waals surface area contributed by atoms with Crippen LogP contribution < -0.4 is 5.32 Å². The van der Waals surface area contributed by atoms with Gasteiger partial charge in [-0.05, 0) is 25.0 Å². The Bertz CT molecular complexity index is 369. The summed E-state index contributed by atoms with van der Waals surface area (Å²) in [4.78, 5) is 14.3. The predicted octanol–water partition coefficient (Wildman–Crippen LogP) is 2.78. The first-order chi connectivity index (χ1) is 7.94. The zero-order valence-corrected chi connectivity index (χ0v) is 13.1. The van der Waals surface area contributed by atoms with E-state index >= 15 is 0 Å². The Morgan fingerprint density at radius 1 is 1.11 bits per heavy atom. The summed E-state index contributed by atoms with van der Waals surface area (Å²) in [6.07, 6.45) is 0. The molecular weight excluding hydrogens is 224 g/mol. The number of hydrogen-bond acceptors (Lipinski definition) is 2. The molecule has 3 heteroatoms. The van der Waals surface area contributed by atoms with Crippen LogP contribution in [0.3, 0.4) is 0 Å². The van der Waals surface area contributed by atoms with E-state index in [-0.39, 0.29) is 22.8 Å². The third kappa shape index (κ3) is 3.14. The minimum atomic E-state index is -0.0813. The van der Waals surface area contributed by atoms with Crippen molar-refractivity contribution in [2.75, 3.05) is 13.6 Å². The lowest BCUT2D eigenvalue weighted by atomic mass is 9.78. The van der Waals surface area contributed by atoms with Crippen molar-refractivity contribution in [2.45, 2.75) is 54.5 Å². The van der Waals surface area contributed by atoms with Crippen molar-refractivity contribution in [2.24, 2.45) is 10.8 Å². The average molecular weight is 252 g/mol. The second-order valence-corrected chi connectivity index (χ2v) is 7.43. The van der Waals surface area contributed by atoms with Crippen LogP contribution in [0.2, 0.25) is 0 Å². The van der Waals surface area contributed by atoms with Crippen LogP contribution >= 0.6 is 0 Å². The third-order valence-electron chi connectivity index (χ3n) is 3.65. The van der Waals surface area contributed by atoms with Gasteiger partial charge in [0, 0.05) is 17.7 Å². The van der Waals surface area contributed by atoms with Crippen LogP contribution in [0.4, 0.5) is 0 Å². The number of nitrogens with zero attached hydrogens (tertiary/aromatic N) is 1. The van der Waals surface area contributed by atoms with Gasteiger partial charge in [0.05, 0.1) is 6.04 Å². The van der Waals surface area contributed by atoms with Gasteiger partial charge in [-0.2, -0.15) is 0 Å². The Labute approximate surface area is 112 Å². The maximum absolute atomic E-state index is 12.2. The van der Waals surface area contributed by atoms with Gasteiger partial charge in [0.1, 0.15) is 0 Å². The summed E-state index contributed by atoms with van der Waals surface area (Å²) in [5.41, 5.74) is 2.45. The van der Waals surface area contributed by atoms with E-state index in [9.17, 15) is 4.79 Å². The Morgan fingerprint density at radius 2 is 1.61 bits per heavy atom. The van der Waals surface area contributed by atoms with E-state index in [2.05, 4.69) is 51.8 Å². The second kappa shape index (κ2) is 4.69. The van der Waals surface area contributed by atoms with Gasteiger partial charge in [0.15, 0.2) is 0 Å². The normalized spacial score (nSPS) is 24.0. The van der Waals surface area contributed by atoms with Crippen LogP contribution in [-0.4, -0.2) is 30.4 Å². The van der Waals surface area contributed by atoms with Crippen LogP contribution in [0, 0.1) is 10.8 Å². The summed E-state index contributed by atoms with van der Waals surface area (Å²) in [6, 6.07) is -0.0813. The van der Waals surface area contributed by atoms with Crippen LogP contribution in [-0.2, 0) is 4.79 Å². The zero-order valence-electron chi connectivity index (χ0n) is 13.1. The molecule has 1 N–H and O–H groups in total. The molecule has 1 rings (SSSR count). The molecule has 0 aliphatic carbocycles. The van der Waals surface area contributed by atoms with E-state index in [1.54, 1.807) is 0 Å². The molecule has 0 fully saturated rings. The van der Waals surface area contributed by atoms with Crippen molar-refractivity contribution in [1.82, 2.24) is 10.2 Å². The van der Waals surface area contributed by atoms with Crippen molar-refractivity contribution in [3.8, 4) is 0 Å². The molecule has 0 saturated carbocycles. The molecular formula is C15H28N2O. The summed E-state index contributed by atoms with van der Waals surface area (Å²) < 4.78 is 0. The molecule has 0 aromatic heterocycles. The van der Waals surface area contributed by atoms with Crippen molar-refractivity contribution < 1.29 is 4.79 Å². The van der Waals surface area contributed by atoms with E-state index < -0.39 is 0 Å². The molecule has 1 aliphatic rings. The number of carbonyl (C=O) groups excluding carboxylic acids is 1. The topological polar surface area (TPSA) is 32.3 Å². The molecule has 1 aliphatic heterocycles. The van der Waals surface area contributed by atoms with Crippen LogP contribution in [0.25, 0.3) is 0 Å². The van der Waals surface area contributed by atoms with E-state index in [0.29, 0.717) is 0 Å². The van der Waals surface area contributed by atoms with Crippen molar-refractivity contribution >= 4 is 5.91 Å². The molecule has 1 amide bonds. The van der Waals surface area contributed by atoms with E-state index in [1.165, 1.54) is 5.57 Å². The maximum Gasteiger partial charge on any atom is 0.241 e. The summed E-state index contributed by atoms with van der Waals surface area (Å²) >= 11 is 0. The Kier molecular flexibility index (Phi) is 3.97. The monoisotopic (exact) mass is 252 g/mol. The second-order valence-electron chi connectivity index (χ2n) is 7.43. The van der Waals surface area contributed by atoms with Gasteiger partial charge in [0.25, 0.3) is 0 Å². The zero-order chi connectivity index (χ0) is 14.3. The van der Waals surface area contributed by atoms with Crippen LogP contribution in [0.5, 0.6) is 0 Å². The van der Waals surface area contributed by atoms with Crippen molar-refractivity contribution in [1.29, 1.82) is 0 Å². The lowest BCUT2D eigenvalue weighted by Crippen LogP contribution is -2.41. The molecule has 0 aromatic carbocycles. The molecule has 0 unspecified atom stereocenters. The van der Waals surface area contributed by atoms with Crippen LogP contribution in [0.15, 0.2) is 11.3 Å². The number of allylic oxidation sites excluding steroid dienone is 1. The fourth-order valence-corrected chi connectivity index (χ4v) is 2.22. The number of carbonyl (C=O) groups is 1. The fourth-order valence-electron chi connectivity index (χ4n) is 2.22. The van der Waals surface area contributed by atoms with Gasteiger partial charge in [-0.25, -0.2) is 0 Å². The molecule has 0 radical (unpaired) electrons. The molecule has 1 heterocycles. The summed E-state index contributed by atoms with van der Waals surface area (Å²) in [5.74, 6) is 0.0988. The fraction of sp³-hybridized carbons (Fsp3) is 0.800. The van der Waals surface area contributed by atoms with E-state index in [4.69, 9.17) is 0 Å². The molecule has 104 valence electrons. The molecule has 0 saturated heterocycles. The standard InChI is InChI=1S/C15H28N2O/c1-10-13(18)16-12(15(5,6)7)11(9-17(10)8)14(2,3)4/h10H,9H2,1-8H3,(H,16,18)/t10-/m0/s1. The highest BCUT2D eigenvalue weighted by atomic mass is 16.2. The number of hydrogen-bond donors (Lipinski definition) is 1. The molecule has 0 aromatic rings. The SMILES string of the molecule is C[C@H]1C(=O)NC(C(C)(C)C)=C(C(C)(C)C)CN1C. The molecule has 0 spiro atoms. The summed E-state index contributed by atoms with van der Waals surface area (Å²) in [6.45, 7) is 15.9. The third-order valence-corrected chi connectivity index (χ3v) is 3.65. The highest BCUT2D eigenvalue weighted by molar-refractivity contribution is 5.83. The Hall–Kier alpha value is -0.830. The highest BCUT2D eigenvalue weighted by Gasteiger charge is 2.34. The number of rotatable bonds is 0. The highest BCUT2D eigenvalue weighted by Crippen LogP contribution is 2.36. The smallest absolute Gasteiger partial charge is 0.241 e. The van der Waals surface area contributed by atoms with Gasteiger partial charge in [-0.1, -0.05) is 41.5 Å². The van der Waals surface area contributed by atoms with E-state index in [0.717, 1.165) is 12.2 Å². The number of likely N-dealkylation sites (N-methyl/N-ethyl adjacent to an activating group) is 1. The van der Waals surface area contributed by atoms with Crippen LogP contribution in [0.1, 0.15) is 48.5 Å². The molecule has 1 atom stereocenters. The lowest BCUT2D eigenvalue weighted by Gasteiger charge is -2.33. The van der Waals surface area contributed by atoms with Gasteiger partial charge in [-0.3, -0.25) is 9.69 Å². The molecule has 3 nitrogen and oxygen atoms in total. The predicted molar refractivity (Wildman–Crippen MR) is 76.2 cm³/mol. The first-order valence-electron chi connectivity index (χ1n) is 6.70. The Morgan fingerprint density at radius 3 is 2.00 bits per heavy atom. The van der Waals surface area contributed by atoms with Gasteiger partial charge in [-0.15, -0.1) is 0 Å². The number of nitrogens with one attached hydrogen (secondary N) is 1. The molecule has 18 heavy (non-hydrogen) atoms. The first kappa shape index (κ1) is 15.2. The lowest BCUT2D eigenvalue weighted by molar-refractivity contribution is -0.124. The summed E-state index contributed by atoms with van der Waals surface area (Å²) in [7, 11) is 2.02. The van der Waals surface area contributed by atoms with Crippen molar-refractivity contribution in [3.63, 3.8) is 0 Å². The van der Waals surface area contributed by atoms with Gasteiger partial charge >= 0.3 is 0 Å². The Balaban J connectivity index is 3.35. The summed E-state index contributed by atoms with van der Waals surface area (Å²) in [5, 5.41) is 3.15. The van der Waals surface area contributed by atoms with Crippen molar-refractivity contribution in [3.05, 3.63) is 11.3 Å².